The zero-order valence-electron chi connectivity index (χ0n) is 17.1. The Morgan fingerprint density at radius 1 is 1.03 bits per heavy atom. The van der Waals surface area contributed by atoms with Gasteiger partial charge in [-0.05, 0) is 30.2 Å². The fourth-order valence-corrected chi connectivity index (χ4v) is 4.87. The molecular formula is C24H21FN4OS. The van der Waals surface area contributed by atoms with E-state index in [1.165, 1.54) is 6.07 Å². The topological polar surface area (TPSA) is 49.3 Å². The normalized spacial score (nSPS) is 14.3. The minimum absolute atomic E-state index is 0.133. The largest absolute Gasteiger partial charge is 0.352 e. The van der Waals surface area contributed by atoms with E-state index in [0.29, 0.717) is 37.3 Å². The number of fused-ring (bicyclic) bond motifs is 1. The highest BCUT2D eigenvalue weighted by molar-refractivity contribution is 7.17. The lowest BCUT2D eigenvalue weighted by atomic mass is 10.1. The van der Waals surface area contributed by atoms with Crippen LogP contribution in [0.4, 0.5) is 10.2 Å². The van der Waals surface area contributed by atoms with Crippen LogP contribution in [0, 0.1) is 12.7 Å². The van der Waals surface area contributed by atoms with Crippen molar-refractivity contribution in [2.45, 2.75) is 6.92 Å². The lowest BCUT2D eigenvalue weighted by molar-refractivity contribution is 0.0746. The highest BCUT2D eigenvalue weighted by atomic mass is 32.1. The number of anilines is 1. The summed E-state index contributed by atoms with van der Waals surface area (Å²) in [5.74, 6) is 0.421. The van der Waals surface area contributed by atoms with Crippen molar-refractivity contribution in [3.05, 3.63) is 77.2 Å². The lowest BCUT2D eigenvalue weighted by Gasteiger charge is -2.35. The van der Waals surface area contributed by atoms with Gasteiger partial charge < -0.3 is 9.80 Å². The van der Waals surface area contributed by atoms with Crippen LogP contribution in [0.3, 0.4) is 0 Å². The molecule has 0 spiro atoms. The first kappa shape index (κ1) is 19.6. The monoisotopic (exact) mass is 432 g/mol. The van der Waals surface area contributed by atoms with Crippen molar-refractivity contribution in [3.8, 4) is 11.1 Å². The number of nitrogens with zero attached hydrogens (tertiary/aromatic N) is 4. The van der Waals surface area contributed by atoms with Gasteiger partial charge in [-0.25, -0.2) is 14.4 Å². The second-order valence-corrected chi connectivity index (χ2v) is 8.49. The Morgan fingerprint density at radius 2 is 1.81 bits per heavy atom. The Morgan fingerprint density at radius 3 is 2.55 bits per heavy atom. The molecule has 1 fully saturated rings. The quantitative estimate of drug-likeness (QED) is 0.468. The van der Waals surface area contributed by atoms with Gasteiger partial charge in [0.25, 0.3) is 5.91 Å². The minimum atomic E-state index is -0.348. The van der Waals surface area contributed by atoms with Gasteiger partial charge in [-0.3, -0.25) is 4.79 Å². The van der Waals surface area contributed by atoms with Crippen LogP contribution in [0.2, 0.25) is 0 Å². The van der Waals surface area contributed by atoms with Gasteiger partial charge in [-0.1, -0.05) is 36.4 Å². The van der Waals surface area contributed by atoms with E-state index in [-0.39, 0.29) is 11.7 Å². The smallest absolute Gasteiger partial charge is 0.254 e. The molecule has 0 radical (unpaired) electrons. The molecular weight excluding hydrogens is 411 g/mol. The van der Waals surface area contributed by atoms with Crippen LogP contribution in [0.25, 0.3) is 21.3 Å². The third kappa shape index (κ3) is 3.65. The summed E-state index contributed by atoms with van der Waals surface area (Å²) in [5.41, 5.74) is 3.20. The maximum Gasteiger partial charge on any atom is 0.254 e. The molecule has 5 nitrogen and oxygen atoms in total. The SMILES string of the molecule is Cc1ccc(C(=O)N2CCN(c3ncnc4scc(-c5ccccc5)c34)CC2)cc1F. The van der Waals surface area contributed by atoms with Crippen molar-refractivity contribution in [3.63, 3.8) is 0 Å². The molecule has 1 amide bonds. The van der Waals surface area contributed by atoms with Crippen molar-refractivity contribution in [2.75, 3.05) is 31.1 Å². The average molecular weight is 433 g/mol. The summed E-state index contributed by atoms with van der Waals surface area (Å²) in [6, 6.07) is 14.9. The van der Waals surface area contributed by atoms with Crippen LogP contribution in [0.1, 0.15) is 15.9 Å². The fraction of sp³-hybridized carbons (Fsp3) is 0.208. The molecule has 0 N–H and O–H groups in total. The summed E-state index contributed by atoms with van der Waals surface area (Å²) in [6.07, 6.45) is 1.61. The summed E-state index contributed by atoms with van der Waals surface area (Å²) in [7, 11) is 0. The first-order valence-electron chi connectivity index (χ1n) is 10.2. The van der Waals surface area contributed by atoms with Crippen LogP contribution in [0.5, 0.6) is 0 Å². The fourth-order valence-electron chi connectivity index (χ4n) is 3.96. The molecule has 7 heteroatoms. The zero-order valence-corrected chi connectivity index (χ0v) is 17.9. The number of aromatic nitrogens is 2. The van der Waals surface area contributed by atoms with Crippen LogP contribution < -0.4 is 4.90 Å². The molecule has 0 bridgehead atoms. The molecule has 0 atom stereocenters. The van der Waals surface area contributed by atoms with E-state index in [2.05, 4.69) is 32.4 Å². The second-order valence-electron chi connectivity index (χ2n) is 7.64. The summed E-state index contributed by atoms with van der Waals surface area (Å²) < 4.78 is 13.9. The van der Waals surface area contributed by atoms with Crippen molar-refractivity contribution in [1.82, 2.24) is 14.9 Å². The van der Waals surface area contributed by atoms with Gasteiger partial charge in [0.2, 0.25) is 0 Å². The Hall–Kier alpha value is -3.32. The molecule has 0 saturated carbocycles. The number of amides is 1. The van der Waals surface area contributed by atoms with Crippen molar-refractivity contribution >= 4 is 33.3 Å². The molecule has 31 heavy (non-hydrogen) atoms. The standard InChI is InChI=1S/C24H21FN4OS/c1-16-7-8-18(13-20(16)25)24(30)29-11-9-28(10-12-29)22-21-19(17-5-3-2-4-6-17)14-31-23(21)27-15-26-22/h2-8,13-15H,9-12H2,1H3. The Labute approximate surface area is 183 Å². The van der Waals surface area contributed by atoms with Crippen LogP contribution in [0.15, 0.2) is 60.2 Å². The molecule has 156 valence electrons. The number of hydrogen-bond acceptors (Lipinski definition) is 5. The molecule has 2 aromatic carbocycles. The second kappa shape index (κ2) is 8.07. The molecule has 2 aromatic heterocycles. The number of aryl methyl sites for hydroxylation is 1. The molecule has 3 heterocycles. The Bertz CT molecular complexity index is 1250. The van der Waals surface area contributed by atoms with Gasteiger partial charge in [0.15, 0.2) is 0 Å². The molecule has 1 aliphatic rings. The number of halogens is 1. The van der Waals surface area contributed by atoms with Crippen LogP contribution in [-0.2, 0) is 0 Å². The number of piperazine rings is 1. The van der Waals surface area contributed by atoms with Crippen molar-refractivity contribution < 1.29 is 9.18 Å². The minimum Gasteiger partial charge on any atom is -0.352 e. The van der Waals surface area contributed by atoms with E-state index in [4.69, 9.17) is 0 Å². The number of hydrogen-bond donors (Lipinski definition) is 0. The predicted molar refractivity (Wildman–Crippen MR) is 122 cm³/mol. The van der Waals surface area contributed by atoms with Gasteiger partial charge >= 0.3 is 0 Å². The predicted octanol–water partition coefficient (Wildman–Crippen LogP) is 4.77. The van der Waals surface area contributed by atoms with Gasteiger partial charge in [-0.15, -0.1) is 11.3 Å². The van der Waals surface area contributed by atoms with E-state index in [1.54, 1.807) is 41.6 Å². The van der Waals surface area contributed by atoms with E-state index in [0.717, 1.165) is 27.2 Å². The van der Waals surface area contributed by atoms with Gasteiger partial charge in [0, 0.05) is 42.7 Å². The number of rotatable bonds is 3. The number of carbonyl (C=O) groups is 1. The summed E-state index contributed by atoms with van der Waals surface area (Å²) in [5, 5.41) is 3.18. The highest BCUT2D eigenvalue weighted by Crippen LogP contribution is 2.38. The molecule has 0 aliphatic carbocycles. The van der Waals surface area contributed by atoms with Gasteiger partial charge in [0.05, 0.1) is 5.39 Å². The van der Waals surface area contributed by atoms with Crippen molar-refractivity contribution in [1.29, 1.82) is 0 Å². The first-order chi connectivity index (χ1) is 15.1. The first-order valence-corrected chi connectivity index (χ1v) is 11.1. The van der Waals surface area contributed by atoms with E-state index >= 15 is 0 Å². The van der Waals surface area contributed by atoms with Gasteiger partial charge in [-0.2, -0.15) is 0 Å². The summed E-state index contributed by atoms with van der Waals surface area (Å²) >= 11 is 1.61. The van der Waals surface area contributed by atoms with Crippen LogP contribution >= 0.6 is 11.3 Å². The molecule has 5 rings (SSSR count). The molecule has 1 saturated heterocycles. The lowest BCUT2D eigenvalue weighted by Crippen LogP contribution is -2.49. The third-order valence-electron chi connectivity index (χ3n) is 5.72. The van der Waals surface area contributed by atoms with E-state index in [9.17, 15) is 9.18 Å². The Kier molecular flexibility index (Phi) is 5.11. The molecule has 4 aromatic rings. The maximum atomic E-state index is 13.9. The van der Waals surface area contributed by atoms with E-state index < -0.39 is 0 Å². The van der Waals surface area contributed by atoms with Gasteiger partial charge in [0.1, 0.15) is 22.8 Å². The third-order valence-corrected chi connectivity index (χ3v) is 6.61. The maximum absolute atomic E-state index is 13.9. The summed E-state index contributed by atoms with van der Waals surface area (Å²) in [4.78, 5) is 26.9. The number of benzene rings is 2. The number of carbonyl (C=O) groups excluding carboxylic acids is 1. The Balaban J connectivity index is 1.39. The van der Waals surface area contributed by atoms with Crippen LogP contribution in [-0.4, -0.2) is 47.0 Å². The highest BCUT2D eigenvalue weighted by Gasteiger charge is 2.25. The van der Waals surface area contributed by atoms with Crippen molar-refractivity contribution in [2.24, 2.45) is 0 Å². The molecule has 0 unspecified atom stereocenters. The zero-order chi connectivity index (χ0) is 21.4. The summed E-state index contributed by atoms with van der Waals surface area (Å²) in [6.45, 7) is 4.14. The number of thiophene rings is 1. The average Bonchev–Trinajstić information content (AvgIpc) is 3.25. The molecule has 1 aliphatic heterocycles. The van der Waals surface area contributed by atoms with E-state index in [1.807, 2.05) is 18.2 Å².